The van der Waals surface area contributed by atoms with Crippen molar-refractivity contribution in [2.24, 2.45) is 11.5 Å². The van der Waals surface area contributed by atoms with E-state index in [9.17, 15) is 0 Å². The van der Waals surface area contributed by atoms with Crippen LogP contribution in [0.1, 0.15) is 6.92 Å². The number of hydrogen-bond donors (Lipinski definition) is 6. The van der Waals surface area contributed by atoms with E-state index in [1.54, 1.807) is 0 Å². The minimum atomic E-state index is -1.54. The maximum atomic E-state index is 9.11. The summed E-state index contributed by atoms with van der Waals surface area (Å²) < 4.78 is 0. The molecule has 4 atom stereocenters. The summed E-state index contributed by atoms with van der Waals surface area (Å²) in [7, 11) is 0. The highest BCUT2D eigenvalue weighted by atomic mass is 16.4. The average Bonchev–Trinajstić information content (AvgIpc) is 2.00. The summed E-state index contributed by atoms with van der Waals surface area (Å²) in [4.78, 5) is 0. The van der Waals surface area contributed by atoms with Crippen molar-refractivity contribution >= 4 is 0 Å². The molecule has 0 aliphatic carbocycles. The van der Waals surface area contributed by atoms with Gasteiger partial charge in [0.15, 0.2) is 0 Å². The van der Waals surface area contributed by atoms with Crippen LogP contribution in [0.3, 0.4) is 0 Å². The van der Waals surface area contributed by atoms with Gasteiger partial charge in [-0.3, -0.25) is 0 Å². The van der Waals surface area contributed by atoms with Gasteiger partial charge >= 0.3 is 0 Å². The van der Waals surface area contributed by atoms with Gasteiger partial charge < -0.3 is 31.9 Å². The Morgan fingerprint density at radius 1 is 0.833 bits per heavy atom. The first-order valence-corrected chi connectivity index (χ1v) is 3.61. The van der Waals surface area contributed by atoms with E-state index in [1.165, 1.54) is 6.92 Å². The molecule has 0 fully saturated rings. The molecule has 0 aliphatic rings. The Morgan fingerprint density at radius 3 is 1.50 bits per heavy atom. The lowest BCUT2D eigenvalue weighted by molar-refractivity contribution is -0.105. The van der Waals surface area contributed by atoms with E-state index in [0.717, 1.165) is 0 Å². The lowest BCUT2D eigenvalue weighted by atomic mass is 10.0. The van der Waals surface area contributed by atoms with E-state index >= 15 is 0 Å². The Morgan fingerprint density at radius 2 is 1.25 bits per heavy atom. The minimum Gasteiger partial charge on any atom is -0.391 e. The van der Waals surface area contributed by atoms with Crippen molar-refractivity contribution in [2.75, 3.05) is 0 Å². The molecule has 0 aromatic heterocycles. The molecule has 74 valence electrons. The van der Waals surface area contributed by atoms with Crippen molar-refractivity contribution in [2.45, 2.75) is 37.5 Å². The zero-order valence-electron chi connectivity index (χ0n) is 6.83. The molecule has 0 bridgehead atoms. The molecule has 0 saturated carbocycles. The van der Waals surface area contributed by atoms with Crippen LogP contribution < -0.4 is 11.5 Å². The molecule has 6 heteroatoms. The third-order valence-corrected chi connectivity index (χ3v) is 1.59. The van der Waals surface area contributed by atoms with Gasteiger partial charge in [-0.25, -0.2) is 0 Å². The van der Waals surface area contributed by atoms with E-state index in [2.05, 4.69) is 0 Å². The van der Waals surface area contributed by atoms with Gasteiger partial charge in [0.1, 0.15) is 18.3 Å². The largest absolute Gasteiger partial charge is 0.391 e. The van der Waals surface area contributed by atoms with Crippen LogP contribution in [-0.2, 0) is 0 Å². The molecule has 0 radical (unpaired) electrons. The zero-order valence-corrected chi connectivity index (χ0v) is 6.83. The number of nitrogens with two attached hydrogens (primary N) is 2. The molecule has 0 amide bonds. The monoisotopic (exact) mass is 180 g/mol. The fraction of sp³-hybridized carbons (Fsp3) is 1.00. The fourth-order valence-corrected chi connectivity index (χ4v) is 0.715. The average molecular weight is 180 g/mol. The van der Waals surface area contributed by atoms with E-state index in [4.69, 9.17) is 31.9 Å². The van der Waals surface area contributed by atoms with Crippen molar-refractivity contribution in [3.8, 4) is 0 Å². The van der Waals surface area contributed by atoms with E-state index in [0.29, 0.717) is 0 Å². The maximum absolute atomic E-state index is 9.11. The van der Waals surface area contributed by atoms with E-state index < -0.39 is 30.6 Å². The normalized spacial score (nSPS) is 22.0. The predicted octanol–water partition coefficient (Wildman–Crippen LogP) is -3.31. The molecular formula is C6H16N2O4. The van der Waals surface area contributed by atoms with Gasteiger partial charge in [-0.1, -0.05) is 0 Å². The quantitative estimate of drug-likeness (QED) is 0.251. The van der Waals surface area contributed by atoms with Gasteiger partial charge in [-0.15, -0.1) is 0 Å². The standard InChI is InChI=1S/C6H16N2O4/c1-2(9)3(10)4(11)5(12)6(7)8/h2-6,9-12H,7-8H2,1H3. The van der Waals surface area contributed by atoms with Crippen molar-refractivity contribution < 1.29 is 20.4 Å². The first kappa shape index (κ1) is 11.8. The fourth-order valence-electron chi connectivity index (χ4n) is 0.715. The summed E-state index contributed by atoms with van der Waals surface area (Å²) in [5, 5.41) is 36.0. The van der Waals surface area contributed by atoms with Crippen LogP contribution in [0.15, 0.2) is 0 Å². The van der Waals surface area contributed by atoms with Gasteiger partial charge in [-0.2, -0.15) is 0 Å². The predicted molar refractivity (Wildman–Crippen MR) is 41.9 cm³/mol. The number of aliphatic hydroxyl groups is 4. The highest BCUT2D eigenvalue weighted by Crippen LogP contribution is 2.04. The second-order valence-electron chi connectivity index (χ2n) is 2.79. The maximum Gasteiger partial charge on any atom is 0.111 e. The summed E-state index contributed by atoms with van der Waals surface area (Å²) in [6.07, 6.45) is -6.73. The summed E-state index contributed by atoms with van der Waals surface area (Å²) >= 11 is 0. The SMILES string of the molecule is CC(O)C(O)C(O)C(O)C(N)N. The first-order valence-electron chi connectivity index (χ1n) is 3.61. The van der Waals surface area contributed by atoms with E-state index in [1.807, 2.05) is 0 Å². The smallest absolute Gasteiger partial charge is 0.111 e. The van der Waals surface area contributed by atoms with Crippen LogP contribution in [0.5, 0.6) is 0 Å². The summed E-state index contributed by atoms with van der Waals surface area (Å²) in [6.45, 7) is 1.28. The molecule has 0 aliphatic heterocycles. The zero-order chi connectivity index (χ0) is 9.89. The number of hydrogen-bond acceptors (Lipinski definition) is 6. The Kier molecular flexibility index (Phi) is 4.61. The highest BCUT2D eigenvalue weighted by Gasteiger charge is 2.30. The molecule has 6 nitrogen and oxygen atoms in total. The summed E-state index contributed by atoms with van der Waals surface area (Å²) in [5.74, 6) is 0. The lowest BCUT2D eigenvalue weighted by Gasteiger charge is -2.26. The van der Waals surface area contributed by atoms with Crippen LogP contribution in [0.25, 0.3) is 0 Å². The van der Waals surface area contributed by atoms with Crippen molar-refractivity contribution in [1.82, 2.24) is 0 Å². The summed E-state index contributed by atoms with van der Waals surface area (Å²) in [5.41, 5.74) is 10.1. The number of rotatable bonds is 4. The van der Waals surface area contributed by atoms with Crippen LogP contribution in [-0.4, -0.2) is 51.0 Å². The molecule has 4 unspecified atom stereocenters. The Bertz CT molecular complexity index is 117. The minimum absolute atomic E-state index is 1.14. The molecule has 0 rings (SSSR count). The van der Waals surface area contributed by atoms with Crippen molar-refractivity contribution in [1.29, 1.82) is 0 Å². The van der Waals surface area contributed by atoms with Gasteiger partial charge in [0.05, 0.1) is 12.3 Å². The Hall–Kier alpha value is -0.240. The van der Waals surface area contributed by atoms with Crippen LogP contribution in [0.4, 0.5) is 0 Å². The lowest BCUT2D eigenvalue weighted by Crippen LogP contribution is -2.54. The van der Waals surface area contributed by atoms with Gasteiger partial charge in [-0.05, 0) is 6.92 Å². The molecule has 0 spiro atoms. The molecular weight excluding hydrogens is 164 g/mol. The third-order valence-electron chi connectivity index (χ3n) is 1.59. The molecule has 0 aromatic carbocycles. The van der Waals surface area contributed by atoms with Crippen molar-refractivity contribution in [3.05, 3.63) is 0 Å². The van der Waals surface area contributed by atoms with Crippen molar-refractivity contribution in [3.63, 3.8) is 0 Å². The highest BCUT2D eigenvalue weighted by molar-refractivity contribution is 4.82. The van der Waals surface area contributed by atoms with Gasteiger partial charge in [0.2, 0.25) is 0 Å². The van der Waals surface area contributed by atoms with E-state index in [-0.39, 0.29) is 0 Å². The summed E-state index contributed by atoms with van der Waals surface area (Å²) in [6, 6.07) is 0. The van der Waals surface area contributed by atoms with Crippen LogP contribution >= 0.6 is 0 Å². The molecule has 0 heterocycles. The van der Waals surface area contributed by atoms with Crippen LogP contribution in [0.2, 0.25) is 0 Å². The molecule has 0 saturated heterocycles. The Balaban J connectivity index is 4.08. The number of aliphatic hydroxyl groups excluding tert-OH is 4. The molecule has 8 N–H and O–H groups in total. The second kappa shape index (κ2) is 4.70. The topological polar surface area (TPSA) is 133 Å². The third kappa shape index (κ3) is 3.02. The van der Waals surface area contributed by atoms with Crippen LogP contribution in [0, 0.1) is 0 Å². The van der Waals surface area contributed by atoms with Gasteiger partial charge in [0, 0.05) is 0 Å². The molecule has 12 heavy (non-hydrogen) atoms. The first-order chi connectivity index (χ1) is 5.37. The second-order valence-corrected chi connectivity index (χ2v) is 2.79. The molecule has 0 aromatic rings. The Labute approximate surface area is 70.4 Å². The van der Waals surface area contributed by atoms with Gasteiger partial charge in [0.25, 0.3) is 0 Å².